The van der Waals surface area contributed by atoms with E-state index in [1.807, 2.05) is 52.8 Å². The molecule has 0 radical (unpaired) electrons. The number of urea groups is 2. The van der Waals surface area contributed by atoms with Gasteiger partial charge in [0.2, 0.25) is 0 Å². The van der Waals surface area contributed by atoms with E-state index in [0.29, 0.717) is 38.4 Å². The van der Waals surface area contributed by atoms with E-state index in [-0.39, 0.29) is 24.2 Å². The van der Waals surface area contributed by atoms with Crippen LogP contribution in [-0.4, -0.2) is 72.3 Å². The van der Waals surface area contributed by atoms with Gasteiger partial charge in [0.05, 0.1) is 5.69 Å². The van der Waals surface area contributed by atoms with Crippen LogP contribution in [0.1, 0.15) is 40.2 Å². The Balaban J connectivity index is 1.62. The van der Waals surface area contributed by atoms with E-state index in [4.69, 9.17) is 4.74 Å². The van der Waals surface area contributed by atoms with Crippen LogP contribution in [0, 0.1) is 0 Å². The molecule has 0 bridgehead atoms. The molecule has 0 aromatic heterocycles. The Morgan fingerprint density at radius 1 is 1.13 bits per heavy atom. The quantitative estimate of drug-likeness (QED) is 0.752. The number of benzene rings is 1. The normalized spacial score (nSPS) is 18.5. The first-order valence-electron chi connectivity index (χ1n) is 10.8. The van der Waals surface area contributed by atoms with E-state index in [0.717, 1.165) is 17.7 Å². The minimum Gasteiger partial charge on any atom is -0.444 e. The fourth-order valence-electron chi connectivity index (χ4n) is 3.86. The lowest BCUT2D eigenvalue weighted by atomic mass is 10.1. The zero-order valence-electron chi connectivity index (χ0n) is 19.0. The Morgan fingerprint density at radius 3 is 2.52 bits per heavy atom. The third-order valence-corrected chi connectivity index (χ3v) is 5.35. The molecule has 0 aliphatic carbocycles. The van der Waals surface area contributed by atoms with Crippen molar-refractivity contribution in [2.24, 2.45) is 0 Å². The third kappa shape index (κ3) is 5.39. The minimum atomic E-state index is -0.551. The van der Waals surface area contributed by atoms with Gasteiger partial charge in [-0.1, -0.05) is 6.07 Å². The Morgan fingerprint density at radius 2 is 1.87 bits per heavy atom. The predicted octanol–water partition coefficient (Wildman–Crippen LogP) is 3.25. The van der Waals surface area contributed by atoms with E-state index >= 15 is 0 Å². The number of ether oxygens (including phenoxy) is 1. The van der Waals surface area contributed by atoms with E-state index in [2.05, 4.69) is 10.6 Å². The number of fused-ring (bicyclic) bond motifs is 1. The fourth-order valence-corrected chi connectivity index (χ4v) is 3.86. The third-order valence-electron chi connectivity index (χ3n) is 5.35. The average Bonchev–Trinajstić information content (AvgIpc) is 3.10. The highest BCUT2D eigenvalue weighted by atomic mass is 16.6. The molecule has 1 atom stereocenters. The molecule has 0 spiro atoms. The molecule has 9 heteroatoms. The van der Waals surface area contributed by atoms with Gasteiger partial charge in [0.25, 0.3) is 0 Å². The largest absolute Gasteiger partial charge is 0.444 e. The number of piperazine rings is 1. The zero-order chi connectivity index (χ0) is 22.8. The Hall–Kier alpha value is -2.97. The summed E-state index contributed by atoms with van der Waals surface area (Å²) in [4.78, 5) is 42.5. The summed E-state index contributed by atoms with van der Waals surface area (Å²) in [5, 5.41) is 5.76. The van der Waals surface area contributed by atoms with Gasteiger partial charge in [-0.3, -0.25) is 4.90 Å². The van der Waals surface area contributed by atoms with Gasteiger partial charge in [0, 0.05) is 44.5 Å². The van der Waals surface area contributed by atoms with Crippen molar-refractivity contribution >= 4 is 29.5 Å². The lowest BCUT2D eigenvalue weighted by Gasteiger charge is -2.40. The zero-order valence-corrected chi connectivity index (χ0v) is 19.0. The Bertz CT molecular complexity index is 851. The van der Waals surface area contributed by atoms with Crippen molar-refractivity contribution in [2.75, 3.05) is 42.9 Å². The highest BCUT2D eigenvalue weighted by Crippen LogP contribution is 2.31. The maximum atomic E-state index is 12.9. The molecular formula is C22H33N5O4. The lowest BCUT2D eigenvalue weighted by Crippen LogP contribution is -2.57. The van der Waals surface area contributed by atoms with Crippen LogP contribution in [0.15, 0.2) is 18.2 Å². The molecule has 3 rings (SSSR count). The predicted molar refractivity (Wildman–Crippen MR) is 120 cm³/mol. The molecule has 0 saturated carbocycles. The number of anilines is 2. The lowest BCUT2D eigenvalue weighted by molar-refractivity contribution is 0.0112. The molecule has 2 aliphatic rings. The molecule has 0 unspecified atom stereocenters. The first-order chi connectivity index (χ1) is 14.6. The number of hydrogen-bond acceptors (Lipinski definition) is 4. The molecule has 1 fully saturated rings. The molecule has 2 aliphatic heterocycles. The Kier molecular flexibility index (Phi) is 6.62. The monoisotopic (exact) mass is 431 g/mol. The van der Waals surface area contributed by atoms with Crippen molar-refractivity contribution in [2.45, 2.75) is 52.7 Å². The van der Waals surface area contributed by atoms with Gasteiger partial charge >= 0.3 is 18.2 Å². The molecule has 9 nitrogen and oxygen atoms in total. The maximum absolute atomic E-state index is 12.9. The minimum absolute atomic E-state index is 0.128. The second-order valence-electron chi connectivity index (χ2n) is 8.98. The molecule has 2 N–H and O–H groups in total. The first kappa shape index (κ1) is 22.7. The van der Waals surface area contributed by atoms with Crippen molar-refractivity contribution in [3.8, 4) is 0 Å². The van der Waals surface area contributed by atoms with Gasteiger partial charge in [-0.2, -0.15) is 0 Å². The summed E-state index contributed by atoms with van der Waals surface area (Å²) in [5.74, 6) is 0. The summed E-state index contributed by atoms with van der Waals surface area (Å²) in [5.41, 5.74) is 2.00. The number of nitrogens with one attached hydrogen (secondary N) is 2. The number of carbonyl (C=O) groups is 3. The van der Waals surface area contributed by atoms with E-state index in [9.17, 15) is 14.4 Å². The summed E-state index contributed by atoms with van der Waals surface area (Å²) in [6.07, 6.45) is 0.438. The van der Waals surface area contributed by atoms with Crippen LogP contribution in [0.3, 0.4) is 0 Å². The van der Waals surface area contributed by atoms with Crippen LogP contribution in [0.5, 0.6) is 0 Å². The molecule has 1 aromatic carbocycles. The molecule has 2 heterocycles. The molecule has 170 valence electrons. The van der Waals surface area contributed by atoms with Gasteiger partial charge in [-0.25, -0.2) is 14.4 Å². The maximum Gasteiger partial charge on any atom is 0.410 e. The number of rotatable bonds is 2. The molecule has 1 aromatic rings. The van der Waals surface area contributed by atoms with Gasteiger partial charge in [0.15, 0.2) is 0 Å². The molecule has 1 saturated heterocycles. The van der Waals surface area contributed by atoms with E-state index in [1.54, 1.807) is 14.7 Å². The van der Waals surface area contributed by atoms with Gasteiger partial charge in [-0.05, 0) is 58.7 Å². The van der Waals surface area contributed by atoms with E-state index in [1.165, 1.54) is 0 Å². The summed E-state index contributed by atoms with van der Waals surface area (Å²) in [6, 6.07) is 5.16. The van der Waals surface area contributed by atoms with Gasteiger partial charge in [0.1, 0.15) is 5.60 Å². The molecule has 5 amide bonds. The molecule has 31 heavy (non-hydrogen) atoms. The topological polar surface area (TPSA) is 94.2 Å². The van der Waals surface area contributed by atoms with Crippen LogP contribution in [0.25, 0.3) is 0 Å². The van der Waals surface area contributed by atoms with Crippen LogP contribution in [0.2, 0.25) is 0 Å². The van der Waals surface area contributed by atoms with Crippen LogP contribution in [-0.2, 0) is 11.2 Å². The van der Waals surface area contributed by atoms with E-state index < -0.39 is 5.60 Å². The van der Waals surface area contributed by atoms with Crippen molar-refractivity contribution in [3.05, 3.63) is 23.8 Å². The van der Waals surface area contributed by atoms with Crippen molar-refractivity contribution in [1.29, 1.82) is 0 Å². The second kappa shape index (κ2) is 9.03. The summed E-state index contributed by atoms with van der Waals surface area (Å²) < 4.78 is 5.44. The highest BCUT2D eigenvalue weighted by Gasteiger charge is 2.32. The fraction of sp³-hybridized carbons (Fsp3) is 0.591. The number of carbonyl (C=O) groups excluding carboxylic acids is 3. The second-order valence-corrected chi connectivity index (χ2v) is 8.98. The first-order valence-corrected chi connectivity index (χ1v) is 10.8. The Labute approximate surface area is 183 Å². The SMILES string of the molecule is CCNC(=O)N1CCc2ccc(NC(=O)N3CCN(C(=O)OC(C)(C)C)C[C@@H]3C)cc21. The highest BCUT2D eigenvalue weighted by molar-refractivity contribution is 5.96. The van der Waals surface area contributed by atoms with Crippen LogP contribution in [0.4, 0.5) is 25.8 Å². The molecular weight excluding hydrogens is 398 g/mol. The summed E-state index contributed by atoms with van der Waals surface area (Å²) in [7, 11) is 0. The standard InChI is InChI=1S/C22H33N5O4/c1-6-23-19(28)27-10-9-16-7-8-17(13-18(16)27)24-20(29)26-12-11-25(14-15(26)2)21(30)31-22(3,4)5/h7-8,13,15H,6,9-12,14H2,1-5H3,(H,23,28)(H,24,29)/t15-/m0/s1. The van der Waals surface area contributed by atoms with Crippen LogP contribution >= 0.6 is 0 Å². The van der Waals surface area contributed by atoms with Crippen LogP contribution < -0.4 is 15.5 Å². The van der Waals surface area contributed by atoms with Crippen molar-refractivity contribution < 1.29 is 19.1 Å². The smallest absolute Gasteiger partial charge is 0.410 e. The van der Waals surface area contributed by atoms with Crippen molar-refractivity contribution in [3.63, 3.8) is 0 Å². The van der Waals surface area contributed by atoms with Gasteiger partial charge in [-0.15, -0.1) is 0 Å². The number of nitrogens with zero attached hydrogens (tertiary/aromatic N) is 3. The van der Waals surface area contributed by atoms with Gasteiger partial charge < -0.3 is 25.2 Å². The summed E-state index contributed by atoms with van der Waals surface area (Å²) >= 11 is 0. The number of amides is 5. The van der Waals surface area contributed by atoms with Crippen molar-refractivity contribution in [1.82, 2.24) is 15.1 Å². The summed E-state index contributed by atoms with van der Waals surface area (Å²) in [6.45, 7) is 11.7. The average molecular weight is 432 g/mol. The number of hydrogen-bond donors (Lipinski definition) is 2.